The van der Waals surface area contributed by atoms with Crippen molar-refractivity contribution in [3.63, 3.8) is 0 Å². The van der Waals surface area contributed by atoms with E-state index >= 15 is 0 Å². The van der Waals surface area contributed by atoms with Crippen LogP contribution in [0.5, 0.6) is 5.75 Å². The second kappa shape index (κ2) is 5.73. The lowest BCUT2D eigenvalue weighted by molar-refractivity contribution is -0.144. The average molecular weight is 265 g/mol. The summed E-state index contributed by atoms with van der Waals surface area (Å²) >= 11 is 0. The van der Waals surface area contributed by atoms with Gasteiger partial charge in [-0.15, -0.1) is 0 Å². The second-order valence-electron chi connectivity index (χ2n) is 4.84. The molecule has 1 amide bonds. The number of carbonyl (C=O) groups is 2. The highest BCUT2D eigenvalue weighted by Crippen LogP contribution is 2.19. The van der Waals surface area contributed by atoms with E-state index in [9.17, 15) is 19.8 Å². The van der Waals surface area contributed by atoms with Gasteiger partial charge in [0.05, 0.1) is 0 Å². The fourth-order valence-electron chi connectivity index (χ4n) is 1.80. The number of aromatic hydroxyl groups is 1. The van der Waals surface area contributed by atoms with Crippen molar-refractivity contribution in [1.29, 1.82) is 0 Å². The summed E-state index contributed by atoms with van der Waals surface area (Å²) in [7, 11) is 0. The smallest absolute Gasteiger partial charge is 0.329 e. The summed E-state index contributed by atoms with van der Waals surface area (Å²) in [6, 6.07) is 4.50. The van der Waals surface area contributed by atoms with E-state index in [0.717, 1.165) is 0 Å². The van der Waals surface area contributed by atoms with Crippen molar-refractivity contribution in [2.24, 2.45) is 0 Å². The van der Waals surface area contributed by atoms with E-state index in [1.807, 2.05) is 6.92 Å². The summed E-state index contributed by atoms with van der Waals surface area (Å²) in [6.45, 7) is 5.05. The van der Waals surface area contributed by atoms with Gasteiger partial charge in [0.15, 0.2) is 0 Å². The number of phenolic OH excluding ortho intramolecular Hbond substituents is 1. The molecule has 1 unspecified atom stereocenters. The monoisotopic (exact) mass is 265 g/mol. The van der Waals surface area contributed by atoms with Gasteiger partial charge < -0.3 is 15.5 Å². The largest absolute Gasteiger partial charge is 0.508 e. The zero-order chi connectivity index (χ0) is 14.6. The molecule has 0 aromatic heterocycles. The Morgan fingerprint density at radius 1 is 1.37 bits per heavy atom. The molecule has 0 radical (unpaired) electrons. The zero-order valence-electron chi connectivity index (χ0n) is 11.4. The van der Waals surface area contributed by atoms with Crippen LogP contribution in [-0.4, -0.2) is 27.6 Å². The molecule has 0 aliphatic carbocycles. The number of nitrogens with one attached hydrogen (secondary N) is 1. The van der Waals surface area contributed by atoms with E-state index < -0.39 is 17.4 Å². The molecule has 5 heteroatoms. The number of carboxylic acids is 1. The van der Waals surface area contributed by atoms with Gasteiger partial charge in [0.2, 0.25) is 0 Å². The first-order valence-electron chi connectivity index (χ1n) is 6.15. The topological polar surface area (TPSA) is 86.6 Å². The summed E-state index contributed by atoms with van der Waals surface area (Å²) in [5.74, 6) is -1.56. The summed E-state index contributed by atoms with van der Waals surface area (Å²) in [6.07, 6.45) is 0.980. The van der Waals surface area contributed by atoms with Gasteiger partial charge in [-0.1, -0.05) is 19.4 Å². The molecule has 0 saturated carbocycles. The number of carboxylic acid groups (broad SMARTS) is 1. The fourth-order valence-corrected chi connectivity index (χ4v) is 1.80. The number of hydrogen-bond donors (Lipinski definition) is 3. The van der Waals surface area contributed by atoms with Crippen LogP contribution in [0.3, 0.4) is 0 Å². The highest BCUT2D eigenvalue weighted by atomic mass is 16.4. The van der Waals surface area contributed by atoms with E-state index in [1.54, 1.807) is 19.1 Å². The Balaban J connectivity index is 2.94. The molecule has 1 rings (SSSR count). The number of hydrogen-bond acceptors (Lipinski definition) is 3. The van der Waals surface area contributed by atoms with Crippen molar-refractivity contribution in [3.8, 4) is 5.75 Å². The number of carbonyl (C=O) groups excluding carboxylic acids is 1. The Kier molecular flexibility index (Phi) is 4.53. The fraction of sp³-hybridized carbons (Fsp3) is 0.429. The van der Waals surface area contributed by atoms with Crippen LogP contribution in [0.2, 0.25) is 0 Å². The number of aryl methyl sites for hydroxylation is 1. The second-order valence-corrected chi connectivity index (χ2v) is 4.84. The van der Waals surface area contributed by atoms with E-state index in [-0.39, 0.29) is 11.3 Å². The van der Waals surface area contributed by atoms with Gasteiger partial charge in [0, 0.05) is 5.56 Å². The summed E-state index contributed by atoms with van der Waals surface area (Å²) in [4.78, 5) is 23.3. The molecule has 3 N–H and O–H groups in total. The van der Waals surface area contributed by atoms with Gasteiger partial charge in [-0.05, 0) is 38.0 Å². The van der Waals surface area contributed by atoms with Crippen LogP contribution in [0, 0.1) is 6.92 Å². The van der Waals surface area contributed by atoms with Crippen molar-refractivity contribution >= 4 is 11.9 Å². The molecule has 0 bridgehead atoms. The van der Waals surface area contributed by atoms with Crippen molar-refractivity contribution in [2.75, 3.05) is 0 Å². The van der Waals surface area contributed by atoms with Crippen LogP contribution in [0.1, 0.15) is 42.6 Å². The molecular formula is C14H19NO4. The van der Waals surface area contributed by atoms with Gasteiger partial charge >= 0.3 is 5.97 Å². The van der Waals surface area contributed by atoms with Crippen LogP contribution in [0.15, 0.2) is 18.2 Å². The molecule has 0 aliphatic rings. The number of aliphatic carboxylic acids is 1. The molecule has 1 aromatic carbocycles. The lowest BCUT2D eigenvalue weighted by Crippen LogP contribution is -2.52. The SMILES string of the molecule is CCCC(C)(NC(=O)c1ccc(C)c(O)c1)C(=O)O. The van der Waals surface area contributed by atoms with Crippen LogP contribution in [0.4, 0.5) is 0 Å². The minimum absolute atomic E-state index is 0.0140. The first-order valence-corrected chi connectivity index (χ1v) is 6.15. The number of benzene rings is 1. The maximum absolute atomic E-state index is 12.0. The van der Waals surface area contributed by atoms with Gasteiger partial charge in [-0.3, -0.25) is 4.79 Å². The van der Waals surface area contributed by atoms with Crippen LogP contribution < -0.4 is 5.32 Å². The maximum atomic E-state index is 12.0. The molecule has 1 atom stereocenters. The van der Waals surface area contributed by atoms with Crippen LogP contribution in [0.25, 0.3) is 0 Å². The van der Waals surface area contributed by atoms with Gasteiger partial charge in [-0.25, -0.2) is 4.79 Å². The summed E-state index contributed by atoms with van der Waals surface area (Å²) < 4.78 is 0. The average Bonchev–Trinajstić information content (AvgIpc) is 2.32. The third kappa shape index (κ3) is 3.47. The summed E-state index contributed by atoms with van der Waals surface area (Å²) in [5.41, 5.74) is -0.399. The van der Waals surface area contributed by atoms with E-state index in [2.05, 4.69) is 5.32 Å². The number of phenols is 1. The quantitative estimate of drug-likeness (QED) is 0.760. The third-order valence-electron chi connectivity index (χ3n) is 3.08. The van der Waals surface area contributed by atoms with Gasteiger partial charge in [0.25, 0.3) is 5.91 Å². The Morgan fingerprint density at radius 2 is 2.00 bits per heavy atom. The van der Waals surface area contributed by atoms with Crippen LogP contribution in [-0.2, 0) is 4.79 Å². The Hall–Kier alpha value is -2.04. The third-order valence-corrected chi connectivity index (χ3v) is 3.08. The molecule has 0 fully saturated rings. The van der Waals surface area contributed by atoms with E-state index in [0.29, 0.717) is 18.4 Å². The number of rotatable bonds is 5. The van der Waals surface area contributed by atoms with E-state index in [1.165, 1.54) is 13.0 Å². The van der Waals surface area contributed by atoms with Crippen molar-refractivity contribution < 1.29 is 19.8 Å². The zero-order valence-corrected chi connectivity index (χ0v) is 11.4. The summed E-state index contributed by atoms with van der Waals surface area (Å²) in [5, 5.41) is 21.3. The standard InChI is InChI=1S/C14H19NO4/c1-4-7-14(3,13(18)19)15-12(17)10-6-5-9(2)11(16)8-10/h5-6,8,16H,4,7H2,1-3H3,(H,15,17)(H,18,19). The minimum Gasteiger partial charge on any atom is -0.508 e. The molecular weight excluding hydrogens is 246 g/mol. The Morgan fingerprint density at radius 3 is 2.47 bits per heavy atom. The number of amides is 1. The molecule has 0 saturated heterocycles. The van der Waals surface area contributed by atoms with Gasteiger partial charge in [-0.2, -0.15) is 0 Å². The lowest BCUT2D eigenvalue weighted by Gasteiger charge is -2.25. The molecule has 0 heterocycles. The molecule has 19 heavy (non-hydrogen) atoms. The maximum Gasteiger partial charge on any atom is 0.329 e. The molecule has 5 nitrogen and oxygen atoms in total. The lowest BCUT2D eigenvalue weighted by atomic mass is 9.95. The molecule has 0 spiro atoms. The van der Waals surface area contributed by atoms with Crippen molar-refractivity contribution in [1.82, 2.24) is 5.32 Å². The highest BCUT2D eigenvalue weighted by molar-refractivity contribution is 5.98. The highest BCUT2D eigenvalue weighted by Gasteiger charge is 2.34. The van der Waals surface area contributed by atoms with Crippen LogP contribution >= 0.6 is 0 Å². The van der Waals surface area contributed by atoms with Gasteiger partial charge in [0.1, 0.15) is 11.3 Å². The minimum atomic E-state index is -1.30. The normalized spacial score (nSPS) is 13.6. The Labute approximate surface area is 112 Å². The van der Waals surface area contributed by atoms with Crippen molar-refractivity contribution in [3.05, 3.63) is 29.3 Å². The predicted molar refractivity (Wildman–Crippen MR) is 71.3 cm³/mol. The first-order chi connectivity index (χ1) is 8.80. The Bertz CT molecular complexity index is 498. The van der Waals surface area contributed by atoms with E-state index in [4.69, 9.17) is 0 Å². The molecule has 0 aliphatic heterocycles. The van der Waals surface area contributed by atoms with Crippen molar-refractivity contribution in [2.45, 2.75) is 39.2 Å². The molecule has 1 aromatic rings. The molecule has 104 valence electrons. The predicted octanol–water partition coefficient (Wildman–Crippen LogP) is 2.07. The first kappa shape index (κ1) is 15.0.